The second-order valence-electron chi connectivity index (χ2n) is 5.91. The van der Waals surface area contributed by atoms with E-state index in [1.807, 2.05) is 30.3 Å². The molecule has 0 saturated carbocycles. The van der Waals surface area contributed by atoms with Crippen LogP contribution in [0, 0.1) is 0 Å². The Morgan fingerprint density at radius 3 is 2.48 bits per heavy atom. The SMILES string of the molecule is CC(=O)C(=O)OC1(C(F)(F)F)CCC(COCc2ccccc2)OC1. The van der Waals surface area contributed by atoms with Crippen LogP contribution in [-0.4, -0.2) is 42.8 Å². The molecule has 2 rings (SSSR count). The number of alkyl halides is 3. The number of esters is 1. The third kappa shape index (κ3) is 5.02. The minimum atomic E-state index is -4.83. The van der Waals surface area contributed by atoms with Gasteiger partial charge in [-0.2, -0.15) is 13.2 Å². The van der Waals surface area contributed by atoms with Gasteiger partial charge in [0.05, 0.1) is 25.9 Å². The van der Waals surface area contributed by atoms with Gasteiger partial charge in [-0.25, -0.2) is 4.79 Å². The molecule has 1 fully saturated rings. The zero-order valence-electron chi connectivity index (χ0n) is 13.7. The van der Waals surface area contributed by atoms with Gasteiger partial charge in [0, 0.05) is 13.3 Å². The highest BCUT2D eigenvalue weighted by atomic mass is 19.4. The van der Waals surface area contributed by atoms with E-state index in [-0.39, 0.29) is 13.0 Å². The normalized spacial score (nSPS) is 23.9. The van der Waals surface area contributed by atoms with E-state index in [0.29, 0.717) is 6.61 Å². The lowest BCUT2D eigenvalue weighted by Gasteiger charge is -2.40. The highest BCUT2D eigenvalue weighted by Crippen LogP contribution is 2.41. The van der Waals surface area contributed by atoms with Crippen molar-refractivity contribution >= 4 is 11.8 Å². The molecule has 1 aliphatic heterocycles. The van der Waals surface area contributed by atoms with Crippen molar-refractivity contribution in [1.82, 2.24) is 0 Å². The fourth-order valence-electron chi connectivity index (χ4n) is 2.43. The maximum Gasteiger partial charge on any atom is 0.430 e. The van der Waals surface area contributed by atoms with Gasteiger partial charge in [0.1, 0.15) is 0 Å². The second-order valence-corrected chi connectivity index (χ2v) is 5.91. The molecule has 0 amide bonds. The van der Waals surface area contributed by atoms with E-state index in [1.54, 1.807) is 0 Å². The second kappa shape index (κ2) is 7.97. The van der Waals surface area contributed by atoms with Crippen LogP contribution in [0.5, 0.6) is 0 Å². The summed E-state index contributed by atoms with van der Waals surface area (Å²) in [6, 6.07) is 9.33. The van der Waals surface area contributed by atoms with E-state index in [9.17, 15) is 22.8 Å². The summed E-state index contributed by atoms with van der Waals surface area (Å²) in [6.07, 6.45) is -5.84. The highest BCUT2D eigenvalue weighted by molar-refractivity contribution is 6.32. The Morgan fingerprint density at radius 2 is 1.96 bits per heavy atom. The van der Waals surface area contributed by atoms with Crippen molar-refractivity contribution in [2.45, 2.75) is 44.3 Å². The van der Waals surface area contributed by atoms with Crippen LogP contribution in [0.25, 0.3) is 0 Å². The summed E-state index contributed by atoms with van der Waals surface area (Å²) in [5, 5.41) is 0. The molecule has 0 spiro atoms. The molecule has 1 aromatic carbocycles. The third-order valence-corrected chi connectivity index (χ3v) is 3.93. The van der Waals surface area contributed by atoms with Gasteiger partial charge in [0.2, 0.25) is 11.4 Å². The number of hydrogen-bond donors (Lipinski definition) is 0. The summed E-state index contributed by atoms with van der Waals surface area (Å²) in [5.74, 6) is -2.60. The molecule has 0 aromatic heterocycles. The van der Waals surface area contributed by atoms with Gasteiger partial charge in [-0.05, 0) is 12.0 Å². The van der Waals surface area contributed by atoms with Crippen molar-refractivity contribution in [2.75, 3.05) is 13.2 Å². The zero-order valence-corrected chi connectivity index (χ0v) is 13.7. The smallest absolute Gasteiger partial charge is 0.430 e. The molecule has 0 radical (unpaired) electrons. The van der Waals surface area contributed by atoms with Crippen LogP contribution in [0.3, 0.4) is 0 Å². The molecule has 1 aliphatic rings. The molecule has 1 saturated heterocycles. The predicted molar refractivity (Wildman–Crippen MR) is 80.6 cm³/mol. The number of ketones is 1. The van der Waals surface area contributed by atoms with Gasteiger partial charge in [-0.3, -0.25) is 4.79 Å². The third-order valence-electron chi connectivity index (χ3n) is 3.93. The molecule has 5 nitrogen and oxygen atoms in total. The lowest BCUT2D eigenvalue weighted by Crippen LogP contribution is -2.57. The van der Waals surface area contributed by atoms with Gasteiger partial charge in [-0.1, -0.05) is 30.3 Å². The molecule has 138 valence electrons. The van der Waals surface area contributed by atoms with Crippen LogP contribution >= 0.6 is 0 Å². The topological polar surface area (TPSA) is 61.8 Å². The Bertz CT molecular complexity index is 592. The first-order chi connectivity index (χ1) is 11.7. The Labute approximate surface area is 143 Å². The number of halogens is 3. The molecule has 2 atom stereocenters. The predicted octanol–water partition coefficient (Wildman–Crippen LogP) is 2.82. The van der Waals surface area contributed by atoms with Gasteiger partial charge in [0.25, 0.3) is 0 Å². The fraction of sp³-hybridized carbons (Fsp3) is 0.529. The van der Waals surface area contributed by atoms with Crippen molar-refractivity contribution in [1.29, 1.82) is 0 Å². The average molecular weight is 360 g/mol. The molecule has 1 aromatic rings. The maximum atomic E-state index is 13.3. The number of hydrogen-bond acceptors (Lipinski definition) is 5. The molecule has 1 heterocycles. The molecule has 25 heavy (non-hydrogen) atoms. The van der Waals surface area contributed by atoms with Crippen molar-refractivity contribution in [3.8, 4) is 0 Å². The average Bonchev–Trinajstić information content (AvgIpc) is 2.56. The molecule has 0 bridgehead atoms. The zero-order chi connectivity index (χ0) is 18.5. The first-order valence-corrected chi connectivity index (χ1v) is 7.77. The van der Waals surface area contributed by atoms with Crippen LogP contribution in [0.4, 0.5) is 13.2 Å². The van der Waals surface area contributed by atoms with Gasteiger partial charge in [0.15, 0.2) is 0 Å². The molecule has 0 N–H and O–H groups in total. The number of Topliss-reactive ketones (excluding diaryl/α,β-unsaturated/α-hetero) is 1. The lowest BCUT2D eigenvalue weighted by atomic mass is 9.92. The van der Waals surface area contributed by atoms with E-state index in [4.69, 9.17) is 9.47 Å². The highest BCUT2D eigenvalue weighted by Gasteiger charge is 2.60. The summed E-state index contributed by atoms with van der Waals surface area (Å²) >= 11 is 0. The van der Waals surface area contributed by atoms with E-state index >= 15 is 0 Å². The van der Waals surface area contributed by atoms with Crippen molar-refractivity contribution in [2.24, 2.45) is 0 Å². The maximum absolute atomic E-state index is 13.3. The van der Waals surface area contributed by atoms with Gasteiger partial charge < -0.3 is 14.2 Å². The van der Waals surface area contributed by atoms with Gasteiger partial charge >= 0.3 is 12.1 Å². The summed E-state index contributed by atoms with van der Waals surface area (Å²) < 4.78 is 55.1. The Hall–Kier alpha value is -1.93. The minimum Gasteiger partial charge on any atom is -0.441 e. The van der Waals surface area contributed by atoms with Crippen LogP contribution in [0.2, 0.25) is 0 Å². The van der Waals surface area contributed by atoms with E-state index in [0.717, 1.165) is 12.5 Å². The van der Waals surface area contributed by atoms with Crippen LogP contribution < -0.4 is 0 Å². The van der Waals surface area contributed by atoms with Gasteiger partial charge in [-0.15, -0.1) is 0 Å². The first-order valence-electron chi connectivity index (χ1n) is 7.77. The quantitative estimate of drug-likeness (QED) is 0.577. The Balaban J connectivity index is 1.88. The molecule has 2 unspecified atom stereocenters. The van der Waals surface area contributed by atoms with Crippen LogP contribution in [0.1, 0.15) is 25.3 Å². The van der Waals surface area contributed by atoms with Crippen molar-refractivity contribution in [3.63, 3.8) is 0 Å². The summed E-state index contributed by atoms with van der Waals surface area (Å²) in [4.78, 5) is 22.2. The fourth-order valence-corrected chi connectivity index (χ4v) is 2.43. The largest absolute Gasteiger partial charge is 0.441 e. The van der Waals surface area contributed by atoms with Crippen molar-refractivity contribution < 1.29 is 37.0 Å². The summed E-state index contributed by atoms with van der Waals surface area (Å²) in [6.45, 7) is 0.457. The Morgan fingerprint density at radius 1 is 1.28 bits per heavy atom. The number of carbonyl (C=O) groups excluding carboxylic acids is 2. The lowest BCUT2D eigenvalue weighted by molar-refractivity contribution is -0.301. The molecular weight excluding hydrogens is 341 g/mol. The first kappa shape index (κ1) is 19.4. The summed E-state index contributed by atoms with van der Waals surface area (Å²) in [7, 11) is 0. The molecular formula is C17H19F3O5. The monoisotopic (exact) mass is 360 g/mol. The number of carbonyl (C=O) groups is 2. The van der Waals surface area contributed by atoms with E-state index < -0.39 is 42.7 Å². The summed E-state index contributed by atoms with van der Waals surface area (Å²) in [5.41, 5.74) is -1.84. The minimum absolute atomic E-state index is 0.000511. The van der Waals surface area contributed by atoms with E-state index in [1.165, 1.54) is 0 Å². The van der Waals surface area contributed by atoms with Crippen LogP contribution in [-0.2, 0) is 30.4 Å². The van der Waals surface area contributed by atoms with Crippen molar-refractivity contribution in [3.05, 3.63) is 35.9 Å². The molecule has 0 aliphatic carbocycles. The Kier molecular flexibility index (Phi) is 6.18. The standard InChI is InChI=1S/C17H19F3O5/c1-12(21)15(22)25-16(17(18,19)20)8-7-14(24-11-16)10-23-9-13-5-3-2-4-6-13/h2-6,14H,7-11H2,1H3. The number of ether oxygens (including phenoxy) is 3. The molecule has 8 heteroatoms. The van der Waals surface area contributed by atoms with E-state index in [2.05, 4.69) is 4.74 Å². The number of benzene rings is 1. The number of rotatable bonds is 6. The van der Waals surface area contributed by atoms with Crippen LogP contribution in [0.15, 0.2) is 30.3 Å².